The highest BCUT2D eigenvalue weighted by Gasteiger charge is 2.01. The van der Waals surface area contributed by atoms with Gasteiger partial charge in [-0.25, -0.2) is 0 Å². The second-order valence-electron chi connectivity index (χ2n) is 4.11. The Labute approximate surface area is 97.1 Å². The van der Waals surface area contributed by atoms with Crippen molar-refractivity contribution in [1.82, 2.24) is 4.98 Å². The molecule has 0 radical (unpaired) electrons. The van der Waals surface area contributed by atoms with Crippen LogP contribution in [-0.4, -0.2) is 10.9 Å². The number of hydrogen-bond donors (Lipinski definition) is 1. The zero-order valence-electron chi connectivity index (χ0n) is 9.91. The van der Waals surface area contributed by atoms with Gasteiger partial charge in [-0.2, -0.15) is 0 Å². The van der Waals surface area contributed by atoms with Crippen LogP contribution in [0.2, 0.25) is 0 Å². The molecule has 0 fully saturated rings. The lowest BCUT2D eigenvalue weighted by molar-refractivity contribution is 0.1000. The Morgan fingerprint density at radius 2 is 2.00 bits per heavy atom. The number of carbonyl (C=O) groups excluding carboxylic acids is 1. The largest absolute Gasteiger partial charge is 0.366 e. The molecule has 1 aromatic heterocycles. The number of unbranched alkanes of at least 4 members (excludes halogenated alkanes) is 4. The number of hydrogen-bond acceptors (Lipinski definition) is 2. The van der Waals surface area contributed by atoms with E-state index in [4.69, 9.17) is 5.73 Å². The zero-order valence-corrected chi connectivity index (χ0v) is 9.91. The van der Waals surface area contributed by atoms with Crippen molar-refractivity contribution in [2.24, 2.45) is 5.73 Å². The SMILES string of the molecule is CCCCCCCc1cncc(C(N)=O)c1. The highest BCUT2D eigenvalue weighted by molar-refractivity contribution is 5.92. The fourth-order valence-corrected chi connectivity index (χ4v) is 1.69. The number of aryl methyl sites for hydroxylation is 1. The van der Waals surface area contributed by atoms with E-state index in [1.807, 2.05) is 12.3 Å². The van der Waals surface area contributed by atoms with Crippen molar-refractivity contribution in [3.05, 3.63) is 29.6 Å². The second kappa shape index (κ2) is 6.99. The van der Waals surface area contributed by atoms with Crippen molar-refractivity contribution < 1.29 is 4.79 Å². The third-order valence-corrected chi connectivity index (χ3v) is 2.65. The molecule has 0 atom stereocenters. The van der Waals surface area contributed by atoms with Crippen molar-refractivity contribution in [3.63, 3.8) is 0 Å². The molecule has 2 N–H and O–H groups in total. The van der Waals surface area contributed by atoms with Crippen molar-refractivity contribution in [1.29, 1.82) is 0 Å². The molecule has 0 aliphatic heterocycles. The number of amides is 1. The second-order valence-corrected chi connectivity index (χ2v) is 4.11. The first-order valence-corrected chi connectivity index (χ1v) is 5.97. The molecule has 0 saturated heterocycles. The average Bonchev–Trinajstić information content (AvgIpc) is 2.29. The van der Waals surface area contributed by atoms with E-state index in [1.54, 1.807) is 0 Å². The van der Waals surface area contributed by atoms with E-state index >= 15 is 0 Å². The maximum atomic E-state index is 11.0. The third-order valence-electron chi connectivity index (χ3n) is 2.65. The maximum Gasteiger partial charge on any atom is 0.250 e. The monoisotopic (exact) mass is 220 g/mol. The molecule has 0 bridgehead atoms. The van der Waals surface area contributed by atoms with Crippen LogP contribution in [0.4, 0.5) is 0 Å². The summed E-state index contributed by atoms with van der Waals surface area (Å²) in [7, 11) is 0. The first kappa shape index (κ1) is 12.7. The van der Waals surface area contributed by atoms with Crippen LogP contribution in [0.5, 0.6) is 0 Å². The summed E-state index contributed by atoms with van der Waals surface area (Å²) in [6, 6.07) is 1.84. The van der Waals surface area contributed by atoms with Crippen LogP contribution < -0.4 is 5.73 Å². The molecular formula is C13H20N2O. The first-order chi connectivity index (χ1) is 7.74. The van der Waals surface area contributed by atoms with Crippen LogP contribution in [0.1, 0.15) is 54.9 Å². The summed E-state index contributed by atoms with van der Waals surface area (Å²) in [5, 5.41) is 0. The fourth-order valence-electron chi connectivity index (χ4n) is 1.69. The molecule has 0 aliphatic rings. The Morgan fingerprint density at radius 1 is 1.25 bits per heavy atom. The predicted octanol–water partition coefficient (Wildman–Crippen LogP) is 2.69. The number of aromatic nitrogens is 1. The summed E-state index contributed by atoms with van der Waals surface area (Å²) in [4.78, 5) is 15.0. The van der Waals surface area contributed by atoms with Gasteiger partial charge in [-0.15, -0.1) is 0 Å². The van der Waals surface area contributed by atoms with Gasteiger partial charge in [-0.1, -0.05) is 32.6 Å². The summed E-state index contributed by atoms with van der Waals surface area (Å²) in [6.07, 6.45) is 10.6. The van der Waals surface area contributed by atoms with E-state index in [0.29, 0.717) is 5.56 Å². The minimum absolute atomic E-state index is 0.402. The lowest BCUT2D eigenvalue weighted by Crippen LogP contribution is -2.11. The summed E-state index contributed by atoms with van der Waals surface area (Å²) >= 11 is 0. The van der Waals surface area contributed by atoms with Crippen LogP contribution in [-0.2, 0) is 6.42 Å². The molecule has 88 valence electrons. The zero-order chi connectivity index (χ0) is 11.8. The normalized spacial score (nSPS) is 10.3. The van der Waals surface area contributed by atoms with Gasteiger partial charge in [-0.05, 0) is 24.5 Å². The van der Waals surface area contributed by atoms with Gasteiger partial charge in [0.1, 0.15) is 0 Å². The van der Waals surface area contributed by atoms with Crippen LogP contribution in [0.25, 0.3) is 0 Å². The van der Waals surface area contributed by atoms with Gasteiger partial charge in [-0.3, -0.25) is 9.78 Å². The Balaban J connectivity index is 2.36. The summed E-state index contributed by atoms with van der Waals surface area (Å²) in [5.41, 5.74) is 6.81. The fraction of sp³-hybridized carbons (Fsp3) is 0.538. The van der Waals surface area contributed by atoms with Gasteiger partial charge in [0.05, 0.1) is 5.56 Å². The van der Waals surface area contributed by atoms with Gasteiger partial charge >= 0.3 is 0 Å². The lowest BCUT2D eigenvalue weighted by atomic mass is 10.1. The van der Waals surface area contributed by atoms with Crippen molar-refractivity contribution in [3.8, 4) is 0 Å². The van der Waals surface area contributed by atoms with E-state index in [2.05, 4.69) is 11.9 Å². The highest BCUT2D eigenvalue weighted by atomic mass is 16.1. The predicted molar refractivity (Wildman–Crippen MR) is 65.2 cm³/mol. The molecule has 0 spiro atoms. The molecule has 0 unspecified atom stereocenters. The average molecular weight is 220 g/mol. The molecule has 0 saturated carbocycles. The van der Waals surface area contributed by atoms with E-state index in [0.717, 1.165) is 18.4 Å². The number of carbonyl (C=O) groups is 1. The molecule has 16 heavy (non-hydrogen) atoms. The summed E-state index contributed by atoms with van der Waals surface area (Å²) < 4.78 is 0. The molecule has 1 heterocycles. The van der Waals surface area contributed by atoms with Crippen LogP contribution in [0.3, 0.4) is 0 Å². The Hall–Kier alpha value is -1.38. The van der Waals surface area contributed by atoms with E-state index in [1.165, 1.54) is 31.9 Å². The number of nitrogens with two attached hydrogens (primary N) is 1. The van der Waals surface area contributed by atoms with Gasteiger partial charge in [0.2, 0.25) is 5.91 Å². The topological polar surface area (TPSA) is 56.0 Å². The van der Waals surface area contributed by atoms with E-state index in [-0.39, 0.29) is 0 Å². The standard InChI is InChI=1S/C13H20N2O/c1-2-3-4-5-6-7-11-8-12(13(14)16)10-15-9-11/h8-10H,2-7H2,1H3,(H2,14,16). The number of primary amides is 1. The third kappa shape index (κ3) is 4.43. The number of rotatable bonds is 7. The van der Waals surface area contributed by atoms with Crippen molar-refractivity contribution >= 4 is 5.91 Å². The summed E-state index contributed by atoms with van der Waals surface area (Å²) in [5.74, 6) is -0.402. The molecule has 3 heteroatoms. The van der Waals surface area contributed by atoms with Crippen LogP contribution in [0.15, 0.2) is 18.5 Å². The van der Waals surface area contributed by atoms with E-state index < -0.39 is 5.91 Å². The molecule has 0 aromatic carbocycles. The minimum Gasteiger partial charge on any atom is -0.366 e. The quantitative estimate of drug-likeness (QED) is 0.718. The van der Waals surface area contributed by atoms with E-state index in [9.17, 15) is 4.79 Å². The highest BCUT2D eigenvalue weighted by Crippen LogP contribution is 2.09. The van der Waals surface area contributed by atoms with Gasteiger partial charge < -0.3 is 5.73 Å². The Kier molecular flexibility index (Phi) is 5.54. The van der Waals surface area contributed by atoms with Crippen LogP contribution in [0, 0.1) is 0 Å². The Morgan fingerprint density at radius 3 is 2.69 bits per heavy atom. The molecule has 3 nitrogen and oxygen atoms in total. The smallest absolute Gasteiger partial charge is 0.250 e. The molecule has 1 amide bonds. The van der Waals surface area contributed by atoms with Gasteiger partial charge in [0, 0.05) is 12.4 Å². The summed E-state index contributed by atoms with van der Waals surface area (Å²) in [6.45, 7) is 2.21. The van der Waals surface area contributed by atoms with Gasteiger partial charge in [0.25, 0.3) is 0 Å². The molecule has 1 rings (SSSR count). The van der Waals surface area contributed by atoms with Crippen LogP contribution >= 0.6 is 0 Å². The Bertz CT molecular complexity index is 336. The number of pyridine rings is 1. The van der Waals surface area contributed by atoms with Crippen molar-refractivity contribution in [2.75, 3.05) is 0 Å². The molecule has 0 aliphatic carbocycles. The first-order valence-electron chi connectivity index (χ1n) is 5.97. The van der Waals surface area contributed by atoms with Crippen molar-refractivity contribution in [2.45, 2.75) is 45.4 Å². The minimum atomic E-state index is -0.402. The van der Waals surface area contributed by atoms with Gasteiger partial charge in [0.15, 0.2) is 0 Å². The lowest BCUT2D eigenvalue weighted by Gasteiger charge is -2.02. The maximum absolute atomic E-state index is 11.0. The molecule has 1 aromatic rings. The number of nitrogens with zero attached hydrogens (tertiary/aromatic N) is 1. The molecular weight excluding hydrogens is 200 g/mol.